The zero-order chi connectivity index (χ0) is 42.5. The minimum absolute atomic E-state index is 0.0417. The molecule has 3 nitrogen and oxygen atoms in total. The Balaban J connectivity index is 1.32. The van der Waals surface area contributed by atoms with Gasteiger partial charge in [-0.1, -0.05) is 162 Å². The highest BCUT2D eigenvalue weighted by atomic mass is 15.3. The van der Waals surface area contributed by atoms with Crippen LogP contribution in [-0.4, -0.2) is 11.7 Å². The molecule has 0 radical (unpaired) electrons. The summed E-state index contributed by atoms with van der Waals surface area (Å²) < 4.78 is 0. The lowest BCUT2D eigenvalue weighted by atomic mass is 9.30. The summed E-state index contributed by atoms with van der Waals surface area (Å²) in [5, 5.41) is 0. The number of para-hydroxylation sites is 1. The maximum atomic E-state index is 5.99. The van der Waals surface area contributed by atoms with Gasteiger partial charge in [-0.3, -0.25) is 9.80 Å². The molecule has 0 saturated carbocycles. The summed E-state index contributed by atoms with van der Waals surface area (Å²) in [6.07, 6.45) is 2.25. The molecule has 0 amide bonds. The Kier molecular flexibility index (Phi) is 8.14. The molecule has 0 saturated heterocycles. The van der Waals surface area contributed by atoms with E-state index in [1.54, 1.807) is 0 Å². The normalized spacial score (nSPS) is 19.2. The van der Waals surface area contributed by atoms with Crippen LogP contribution in [0, 0.1) is 0 Å². The first-order valence-electron chi connectivity index (χ1n) is 22.3. The molecule has 0 N–H and O–H groups in total. The highest BCUT2D eigenvalue weighted by molar-refractivity contribution is 6.99. The topological polar surface area (TPSA) is 19.4 Å². The second-order valence-electron chi connectivity index (χ2n) is 22.8. The van der Waals surface area contributed by atoms with Crippen LogP contribution in [0.2, 0.25) is 0 Å². The van der Waals surface area contributed by atoms with Crippen LogP contribution in [0.15, 0.2) is 115 Å². The Bertz CT molecular complexity index is 2730. The van der Waals surface area contributed by atoms with Crippen LogP contribution in [0.4, 0.5) is 34.4 Å². The summed E-state index contributed by atoms with van der Waals surface area (Å²) in [6.45, 7) is 31.3. The Labute approximate surface area is 360 Å². The summed E-state index contributed by atoms with van der Waals surface area (Å²) in [4.78, 5) is 11.0. The van der Waals surface area contributed by atoms with Crippen molar-refractivity contribution in [3.8, 4) is 0 Å². The standard InChI is InChI=1S/C56H62BN3/c1-51(2,3)35-23-25-37(26-24-35)59(36-19-15-14-16-20-36)48-32-44-49-50(58-48)60(38-27-28-39-41(29-38)53(6,7)33-52(39,4)5)47-31-43-42(54(8,9)34-55(43,10)11)30-46(47)57(49)45-22-18-17-21-40(45)56(44,12)13/h14-32H,33-34H2,1-13H3. The fourth-order valence-electron chi connectivity index (χ4n) is 12.6. The average Bonchev–Trinajstić information content (AvgIpc) is 3.49. The summed E-state index contributed by atoms with van der Waals surface area (Å²) in [5.74, 6) is 1.98. The summed E-state index contributed by atoms with van der Waals surface area (Å²) in [6, 6.07) is 44.3. The molecule has 0 spiro atoms. The zero-order valence-corrected chi connectivity index (χ0v) is 38.3. The van der Waals surface area contributed by atoms with Gasteiger partial charge in [0.15, 0.2) is 0 Å². The van der Waals surface area contributed by atoms with Gasteiger partial charge in [0, 0.05) is 28.2 Å². The minimum Gasteiger partial charge on any atom is -0.296 e. The Morgan fingerprint density at radius 3 is 1.75 bits per heavy atom. The lowest BCUT2D eigenvalue weighted by Crippen LogP contribution is -2.64. The van der Waals surface area contributed by atoms with E-state index in [1.165, 1.54) is 66.7 Å². The zero-order valence-electron chi connectivity index (χ0n) is 38.3. The monoisotopic (exact) mass is 788 g/mol. The van der Waals surface area contributed by atoms with Crippen LogP contribution < -0.4 is 26.2 Å². The smallest absolute Gasteiger partial charge is 0.249 e. The molecular weight excluding hydrogens is 725 g/mol. The highest BCUT2D eigenvalue weighted by Gasteiger charge is 2.51. The maximum absolute atomic E-state index is 5.99. The van der Waals surface area contributed by atoms with Crippen molar-refractivity contribution < 1.29 is 0 Å². The average molecular weight is 788 g/mol. The van der Waals surface area contributed by atoms with Crippen LogP contribution in [0.1, 0.15) is 142 Å². The number of anilines is 6. The van der Waals surface area contributed by atoms with E-state index in [9.17, 15) is 0 Å². The number of nitrogens with zero attached hydrogens (tertiary/aromatic N) is 3. The van der Waals surface area contributed by atoms with Gasteiger partial charge >= 0.3 is 0 Å². The third-order valence-electron chi connectivity index (χ3n) is 15.0. The second kappa shape index (κ2) is 12.5. The van der Waals surface area contributed by atoms with E-state index in [4.69, 9.17) is 4.98 Å². The molecule has 10 rings (SSSR count). The summed E-state index contributed by atoms with van der Waals surface area (Å²) in [5.41, 5.74) is 18.8. The number of fused-ring (bicyclic) bond motifs is 6. The van der Waals surface area contributed by atoms with E-state index in [-0.39, 0.29) is 39.2 Å². The van der Waals surface area contributed by atoms with E-state index in [0.29, 0.717) is 0 Å². The van der Waals surface area contributed by atoms with Gasteiger partial charge in [0.25, 0.3) is 0 Å². The molecule has 0 bridgehead atoms. The van der Waals surface area contributed by atoms with Gasteiger partial charge in [-0.25, -0.2) is 4.98 Å². The molecule has 1 aromatic heterocycles. The van der Waals surface area contributed by atoms with Crippen molar-refractivity contribution in [2.75, 3.05) is 9.80 Å². The third-order valence-corrected chi connectivity index (χ3v) is 15.0. The Hall–Kier alpha value is -5.09. The van der Waals surface area contributed by atoms with E-state index in [1.807, 2.05) is 0 Å². The van der Waals surface area contributed by atoms with Crippen molar-refractivity contribution in [1.29, 1.82) is 0 Å². The fraction of sp³-hybridized carbons (Fsp3) is 0.375. The molecular formula is C56H62BN3. The van der Waals surface area contributed by atoms with E-state index >= 15 is 0 Å². The van der Waals surface area contributed by atoms with E-state index < -0.39 is 0 Å². The molecule has 2 aliphatic heterocycles. The van der Waals surface area contributed by atoms with Crippen molar-refractivity contribution in [2.24, 2.45) is 0 Å². The molecule has 0 unspecified atom stereocenters. The predicted molar refractivity (Wildman–Crippen MR) is 257 cm³/mol. The Morgan fingerprint density at radius 2 is 1.10 bits per heavy atom. The van der Waals surface area contributed by atoms with Crippen molar-refractivity contribution in [2.45, 2.75) is 135 Å². The molecule has 2 aliphatic carbocycles. The molecule has 4 aliphatic rings. The number of benzene rings is 5. The van der Waals surface area contributed by atoms with Crippen LogP contribution in [0.3, 0.4) is 0 Å². The van der Waals surface area contributed by atoms with Gasteiger partial charge in [0.05, 0.1) is 0 Å². The van der Waals surface area contributed by atoms with Crippen LogP contribution in [0.25, 0.3) is 0 Å². The van der Waals surface area contributed by atoms with Gasteiger partial charge in [0.2, 0.25) is 6.71 Å². The van der Waals surface area contributed by atoms with E-state index in [2.05, 4.69) is 215 Å². The van der Waals surface area contributed by atoms with Crippen LogP contribution in [-0.2, 0) is 32.5 Å². The van der Waals surface area contributed by atoms with Gasteiger partial charge in [0.1, 0.15) is 11.6 Å². The summed E-state index contributed by atoms with van der Waals surface area (Å²) in [7, 11) is 0. The molecule has 3 heterocycles. The molecule has 5 aromatic carbocycles. The molecule has 0 fully saturated rings. The van der Waals surface area contributed by atoms with E-state index in [0.717, 1.165) is 35.9 Å². The molecule has 6 aromatic rings. The lowest BCUT2D eigenvalue weighted by molar-refractivity contribution is 0.403. The van der Waals surface area contributed by atoms with Gasteiger partial charge in [-0.05, 0) is 138 Å². The Morgan fingerprint density at radius 1 is 0.533 bits per heavy atom. The van der Waals surface area contributed by atoms with Crippen molar-refractivity contribution in [3.63, 3.8) is 0 Å². The third kappa shape index (κ3) is 5.65. The molecule has 304 valence electrons. The lowest BCUT2D eigenvalue weighted by Gasteiger charge is -2.46. The first-order chi connectivity index (χ1) is 28.1. The molecule has 60 heavy (non-hydrogen) atoms. The SMILES string of the molecule is CC(C)(C)c1ccc(N(c2ccccc2)c2cc3c4c(n2)N(c2ccc5c(c2)C(C)(C)CC5(C)C)c2cc5c(cc2B4c2ccccc2C3(C)C)C(C)(C)CC5(C)C)cc1. The first-order valence-corrected chi connectivity index (χ1v) is 22.3. The molecule has 0 atom stereocenters. The largest absolute Gasteiger partial charge is 0.296 e. The highest BCUT2D eigenvalue weighted by Crippen LogP contribution is 2.54. The van der Waals surface area contributed by atoms with Crippen LogP contribution in [0.5, 0.6) is 0 Å². The van der Waals surface area contributed by atoms with Crippen LogP contribution >= 0.6 is 0 Å². The minimum atomic E-state index is -0.279. The number of aromatic nitrogens is 1. The molecule has 4 heteroatoms. The van der Waals surface area contributed by atoms with Crippen molar-refractivity contribution >= 4 is 57.5 Å². The summed E-state index contributed by atoms with van der Waals surface area (Å²) >= 11 is 0. The number of pyridine rings is 1. The number of hydrogen-bond acceptors (Lipinski definition) is 3. The predicted octanol–water partition coefficient (Wildman–Crippen LogP) is 12.7. The number of rotatable bonds is 4. The fourth-order valence-corrected chi connectivity index (χ4v) is 12.6. The first kappa shape index (κ1) is 39.1. The van der Waals surface area contributed by atoms with Gasteiger partial charge in [-0.2, -0.15) is 0 Å². The number of hydrogen-bond donors (Lipinski definition) is 0. The van der Waals surface area contributed by atoms with Crippen molar-refractivity contribution in [3.05, 3.63) is 154 Å². The maximum Gasteiger partial charge on any atom is 0.249 e. The quantitative estimate of drug-likeness (QED) is 0.166. The van der Waals surface area contributed by atoms with Gasteiger partial charge < -0.3 is 0 Å². The second-order valence-corrected chi connectivity index (χ2v) is 22.8. The van der Waals surface area contributed by atoms with Crippen molar-refractivity contribution in [1.82, 2.24) is 4.98 Å². The van der Waals surface area contributed by atoms with Gasteiger partial charge in [-0.15, -0.1) is 0 Å².